The molecule has 0 aliphatic heterocycles. The lowest BCUT2D eigenvalue weighted by atomic mass is 10.1. The van der Waals surface area contributed by atoms with Gasteiger partial charge in [0.2, 0.25) is 0 Å². The second-order valence-corrected chi connectivity index (χ2v) is 5.83. The predicted molar refractivity (Wildman–Crippen MR) is 92.6 cm³/mol. The summed E-state index contributed by atoms with van der Waals surface area (Å²) in [4.78, 5) is 12.1. The van der Waals surface area contributed by atoms with Gasteiger partial charge in [0.05, 0.1) is 0 Å². The number of hydrogen-bond acceptors (Lipinski definition) is 3. The maximum absolute atomic E-state index is 12.1. The number of nitrogens with two attached hydrogens (primary N) is 1. The predicted octanol–water partition coefficient (Wildman–Crippen LogP) is 3.04. The highest BCUT2D eigenvalue weighted by atomic mass is 16.5. The van der Waals surface area contributed by atoms with Gasteiger partial charge < -0.3 is 15.8 Å². The van der Waals surface area contributed by atoms with E-state index < -0.39 is 0 Å². The van der Waals surface area contributed by atoms with Gasteiger partial charge in [-0.2, -0.15) is 0 Å². The second-order valence-electron chi connectivity index (χ2n) is 5.83. The van der Waals surface area contributed by atoms with Crippen LogP contribution in [0, 0.1) is 6.92 Å². The molecule has 0 radical (unpaired) electrons. The zero-order chi connectivity index (χ0) is 16.7. The first-order valence-corrected chi connectivity index (χ1v) is 7.87. The van der Waals surface area contributed by atoms with Crippen molar-refractivity contribution in [1.82, 2.24) is 5.32 Å². The van der Waals surface area contributed by atoms with E-state index in [9.17, 15) is 4.79 Å². The van der Waals surface area contributed by atoms with Crippen molar-refractivity contribution in [2.75, 3.05) is 6.54 Å². The number of nitrogens with one attached hydrogen (secondary N) is 1. The van der Waals surface area contributed by atoms with Gasteiger partial charge in [-0.3, -0.25) is 4.79 Å². The van der Waals surface area contributed by atoms with Crippen LogP contribution in [0.2, 0.25) is 0 Å². The molecule has 0 aromatic heterocycles. The maximum atomic E-state index is 12.1. The zero-order valence-corrected chi connectivity index (χ0v) is 13.7. The first-order valence-electron chi connectivity index (χ1n) is 7.87. The van der Waals surface area contributed by atoms with E-state index in [1.807, 2.05) is 31.2 Å². The SMILES string of the molecule is Cc1cccc(COc2cccc(C(=O)NCCC(C)N)c2)c1. The summed E-state index contributed by atoms with van der Waals surface area (Å²) in [7, 11) is 0. The van der Waals surface area contributed by atoms with Crippen LogP contribution in [-0.4, -0.2) is 18.5 Å². The molecule has 1 unspecified atom stereocenters. The fraction of sp³-hybridized carbons (Fsp3) is 0.316. The molecule has 0 saturated carbocycles. The van der Waals surface area contributed by atoms with E-state index >= 15 is 0 Å². The Kier molecular flexibility index (Phi) is 6.18. The van der Waals surface area contributed by atoms with Gasteiger partial charge in [-0.15, -0.1) is 0 Å². The number of ether oxygens (including phenoxy) is 1. The van der Waals surface area contributed by atoms with E-state index in [1.54, 1.807) is 12.1 Å². The van der Waals surface area contributed by atoms with Crippen molar-refractivity contribution in [3.63, 3.8) is 0 Å². The van der Waals surface area contributed by atoms with Crippen LogP contribution in [0.3, 0.4) is 0 Å². The monoisotopic (exact) mass is 312 g/mol. The molecule has 2 aromatic carbocycles. The van der Waals surface area contributed by atoms with Crippen molar-refractivity contribution in [2.24, 2.45) is 5.73 Å². The van der Waals surface area contributed by atoms with Crippen molar-refractivity contribution < 1.29 is 9.53 Å². The van der Waals surface area contributed by atoms with Crippen LogP contribution in [0.5, 0.6) is 5.75 Å². The van der Waals surface area contributed by atoms with Crippen LogP contribution in [0.1, 0.15) is 34.8 Å². The molecule has 0 spiro atoms. The van der Waals surface area contributed by atoms with Crippen molar-refractivity contribution in [2.45, 2.75) is 32.9 Å². The lowest BCUT2D eigenvalue weighted by Gasteiger charge is -2.10. The summed E-state index contributed by atoms with van der Waals surface area (Å²) in [6.07, 6.45) is 0.759. The summed E-state index contributed by atoms with van der Waals surface area (Å²) in [5.74, 6) is 0.581. The first kappa shape index (κ1) is 17.0. The summed E-state index contributed by atoms with van der Waals surface area (Å²) in [6, 6.07) is 15.5. The molecule has 3 N–H and O–H groups in total. The topological polar surface area (TPSA) is 64.3 Å². The molecule has 0 aliphatic rings. The van der Waals surface area contributed by atoms with Gasteiger partial charge in [0.15, 0.2) is 0 Å². The highest BCUT2D eigenvalue weighted by Crippen LogP contribution is 2.15. The van der Waals surface area contributed by atoms with E-state index in [0.29, 0.717) is 24.5 Å². The van der Waals surface area contributed by atoms with Crippen LogP contribution >= 0.6 is 0 Å². The molecule has 0 aliphatic carbocycles. The largest absolute Gasteiger partial charge is 0.489 e. The van der Waals surface area contributed by atoms with Gasteiger partial charge in [-0.05, 0) is 44.0 Å². The third kappa shape index (κ3) is 5.75. The summed E-state index contributed by atoms with van der Waals surface area (Å²) in [6.45, 7) is 5.03. The molecule has 4 heteroatoms. The van der Waals surface area contributed by atoms with Crippen molar-refractivity contribution in [3.8, 4) is 5.75 Å². The van der Waals surface area contributed by atoms with E-state index in [2.05, 4.69) is 24.4 Å². The van der Waals surface area contributed by atoms with Gasteiger partial charge in [0, 0.05) is 18.2 Å². The van der Waals surface area contributed by atoms with Crippen LogP contribution in [0.15, 0.2) is 48.5 Å². The Morgan fingerprint density at radius 3 is 2.74 bits per heavy atom. The van der Waals surface area contributed by atoms with Gasteiger partial charge in [-0.1, -0.05) is 35.9 Å². The molecule has 0 bridgehead atoms. The quantitative estimate of drug-likeness (QED) is 0.826. The molecule has 122 valence electrons. The molecule has 1 amide bonds. The number of rotatable bonds is 7. The minimum atomic E-state index is -0.105. The lowest BCUT2D eigenvalue weighted by Crippen LogP contribution is -2.28. The van der Waals surface area contributed by atoms with E-state index in [1.165, 1.54) is 5.56 Å². The summed E-state index contributed by atoms with van der Waals surface area (Å²) in [5.41, 5.74) is 8.58. The third-order valence-corrected chi connectivity index (χ3v) is 3.47. The Hall–Kier alpha value is -2.33. The first-order chi connectivity index (χ1) is 11.0. The smallest absolute Gasteiger partial charge is 0.251 e. The Balaban J connectivity index is 1.92. The van der Waals surface area contributed by atoms with Crippen LogP contribution in [-0.2, 0) is 6.61 Å². The van der Waals surface area contributed by atoms with Crippen LogP contribution < -0.4 is 15.8 Å². The van der Waals surface area contributed by atoms with Crippen molar-refractivity contribution in [1.29, 1.82) is 0 Å². The second kappa shape index (κ2) is 8.34. The molecular formula is C19H24N2O2. The highest BCUT2D eigenvalue weighted by Gasteiger charge is 2.07. The Bertz CT molecular complexity index is 653. The van der Waals surface area contributed by atoms with E-state index in [0.717, 1.165) is 12.0 Å². The number of amides is 1. The minimum absolute atomic E-state index is 0.0827. The molecule has 0 saturated heterocycles. The highest BCUT2D eigenvalue weighted by molar-refractivity contribution is 5.94. The third-order valence-electron chi connectivity index (χ3n) is 3.47. The number of aryl methyl sites for hydroxylation is 1. The minimum Gasteiger partial charge on any atom is -0.489 e. The average molecular weight is 312 g/mol. The molecule has 2 rings (SSSR count). The molecular weight excluding hydrogens is 288 g/mol. The maximum Gasteiger partial charge on any atom is 0.251 e. The molecule has 2 aromatic rings. The summed E-state index contributed by atoms with van der Waals surface area (Å²) in [5, 5.41) is 2.86. The lowest BCUT2D eigenvalue weighted by molar-refractivity contribution is 0.0952. The van der Waals surface area contributed by atoms with E-state index in [-0.39, 0.29) is 11.9 Å². The number of hydrogen-bond donors (Lipinski definition) is 2. The molecule has 23 heavy (non-hydrogen) atoms. The summed E-state index contributed by atoms with van der Waals surface area (Å²) >= 11 is 0. The van der Waals surface area contributed by atoms with Crippen LogP contribution in [0.25, 0.3) is 0 Å². The molecule has 0 heterocycles. The number of benzene rings is 2. The van der Waals surface area contributed by atoms with Crippen molar-refractivity contribution in [3.05, 3.63) is 65.2 Å². The normalized spacial score (nSPS) is 11.8. The standard InChI is InChI=1S/C19H24N2O2/c1-14-5-3-6-16(11-14)13-23-18-8-4-7-17(12-18)19(22)21-10-9-15(2)20/h3-8,11-12,15H,9-10,13,20H2,1-2H3,(H,21,22). The van der Waals surface area contributed by atoms with Gasteiger partial charge in [0.1, 0.15) is 12.4 Å². The Morgan fingerprint density at radius 1 is 1.22 bits per heavy atom. The fourth-order valence-electron chi connectivity index (χ4n) is 2.21. The Morgan fingerprint density at radius 2 is 2.00 bits per heavy atom. The Labute approximate surface area is 137 Å². The number of carbonyl (C=O) groups excluding carboxylic acids is 1. The van der Waals surface area contributed by atoms with E-state index in [4.69, 9.17) is 10.5 Å². The molecule has 4 nitrogen and oxygen atoms in total. The fourth-order valence-corrected chi connectivity index (χ4v) is 2.21. The zero-order valence-electron chi connectivity index (χ0n) is 13.7. The average Bonchev–Trinajstić information content (AvgIpc) is 2.53. The van der Waals surface area contributed by atoms with Crippen molar-refractivity contribution >= 4 is 5.91 Å². The number of carbonyl (C=O) groups is 1. The molecule has 1 atom stereocenters. The van der Waals surface area contributed by atoms with Gasteiger partial charge in [0.25, 0.3) is 5.91 Å². The van der Waals surface area contributed by atoms with Crippen LogP contribution in [0.4, 0.5) is 0 Å². The molecule has 0 fully saturated rings. The van der Waals surface area contributed by atoms with Gasteiger partial charge in [-0.25, -0.2) is 0 Å². The van der Waals surface area contributed by atoms with Gasteiger partial charge >= 0.3 is 0 Å². The summed E-state index contributed by atoms with van der Waals surface area (Å²) < 4.78 is 5.78.